The number of halogens is 1. The molecule has 0 atom stereocenters. The Balaban J connectivity index is 1.97. The van der Waals surface area contributed by atoms with Gasteiger partial charge in [0.25, 0.3) is 0 Å². The maximum absolute atomic E-state index is 12.9. The van der Waals surface area contributed by atoms with E-state index in [1.54, 1.807) is 31.6 Å². The zero-order valence-corrected chi connectivity index (χ0v) is 9.35. The highest BCUT2D eigenvalue weighted by Crippen LogP contribution is 2.13. The van der Waals surface area contributed by atoms with E-state index in [-0.39, 0.29) is 12.4 Å². The van der Waals surface area contributed by atoms with Gasteiger partial charge in [0.15, 0.2) is 0 Å². The van der Waals surface area contributed by atoms with Crippen LogP contribution in [0.2, 0.25) is 0 Å². The fraction of sp³-hybridized carbons (Fsp3) is 0.167. The Kier molecular flexibility index (Phi) is 3.49. The van der Waals surface area contributed by atoms with E-state index in [1.165, 1.54) is 12.1 Å². The van der Waals surface area contributed by atoms with Crippen LogP contribution in [-0.4, -0.2) is 17.0 Å². The van der Waals surface area contributed by atoms with E-state index in [2.05, 4.69) is 15.3 Å². The van der Waals surface area contributed by atoms with Gasteiger partial charge in [-0.25, -0.2) is 9.37 Å². The average molecular weight is 233 g/mol. The maximum Gasteiger partial charge on any atom is 0.144 e. The summed E-state index contributed by atoms with van der Waals surface area (Å²) in [5.41, 5.74) is 0.688. The summed E-state index contributed by atoms with van der Waals surface area (Å²) in [7, 11) is 1.77. The third-order valence-corrected chi connectivity index (χ3v) is 2.14. The first kappa shape index (κ1) is 11.3. The highest BCUT2D eigenvalue weighted by molar-refractivity contribution is 5.29. The van der Waals surface area contributed by atoms with Gasteiger partial charge in [-0.15, -0.1) is 0 Å². The fourth-order valence-electron chi connectivity index (χ4n) is 1.27. The Morgan fingerprint density at radius 3 is 2.82 bits per heavy atom. The van der Waals surface area contributed by atoms with Crippen LogP contribution in [0.5, 0.6) is 5.75 Å². The van der Waals surface area contributed by atoms with Crippen LogP contribution in [0, 0.1) is 5.82 Å². The molecule has 1 heterocycles. The molecule has 0 aliphatic carbocycles. The van der Waals surface area contributed by atoms with E-state index in [9.17, 15) is 4.39 Å². The standard InChI is InChI=1S/C12H12FN3O/c1-14-12-7-15-10(6-16-12)8-17-11-4-2-3-9(13)5-11/h2-7H,8H2,1H3,(H,14,16). The molecular weight excluding hydrogens is 221 g/mol. The van der Waals surface area contributed by atoms with Crippen LogP contribution in [0.25, 0.3) is 0 Å². The summed E-state index contributed by atoms with van der Waals surface area (Å²) in [5, 5.41) is 2.87. The van der Waals surface area contributed by atoms with Crippen LogP contribution in [0.3, 0.4) is 0 Å². The van der Waals surface area contributed by atoms with Gasteiger partial charge in [0.05, 0.1) is 18.1 Å². The third kappa shape index (κ3) is 3.14. The van der Waals surface area contributed by atoms with Gasteiger partial charge in [-0.2, -0.15) is 0 Å². The van der Waals surface area contributed by atoms with Gasteiger partial charge in [0, 0.05) is 13.1 Å². The first-order valence-electron chi connectivity index (χ1n) is 5.15. The van der Waals surface area contributed by atoms with Crippen LogP contribution >= 0.6 is 0 Å². The lowest BCUT2D eigenvalue weighted by molar-refractivity contribution is 0.299. The maximum atomic E-state index is 12.9. The lowest BCUT2D eigenvalue weighted by Crippen LogP contribution is -2.01. The quantitative estimate of drug-likeness (QED) is 0.879. The van der Waals surface area contributed by atoms with Gasteiger partial charge in [-0.1, -0.05) is 6.07 Å². The van der Waals surface area contributed by atoms with Crippen molar-refractivity contribution < 1.29 is 9.13 Å². The summed E-state index contributed by atoms with van der Waals surface area (Å²) in [5.74, 6) is 0.850. The van der Waals surface area contributed by atoms with Crippen LogP contribution in [-0.2, 0) is 6.61 Å². The lowest BCUT2D eigenvalue weighted by Gasteiger charge is -2.05. The summed E-state index contributed by atoms with van der Waals surface area (Å²) in [4.78, 5) is 8.24. The monoisotopic (exact) mass is 233 g/mol. The first-order chi connectivity index (χ1) is 8.28. The second kappa shape index (κ2) is 5.25. The van der Waals surface area contributed by atoms with Gasteiger partial charge in [-0.3, -0.25) is 4.98 Å². The largest absolute Gasteiger partial charge is 0.487 e. The Labute approximate surface area is 98.5 Å². The van der Waals surface area contributed by atoms with Gasteiger partial charge in [0.2, 0.25) is 0 Å². The number of nitrogens with one attached hydrogen (secondary N) is 1. The highest BCUT2D eigenvalue weighted by Gasteiger charge is 1.99. The second-order valence-corrected chi connectivity index (χ2v) is 3.39. The number of rotatable bonds is 4. The molecule has 2 aromatic rings. The molecule has 0 amide bonds. The second-order valence-electron chi connectivity index (χ2n) is 3.39. The topological polar surface area (TPSA) is 47.0 Å². The summed E-state index contributed by atoms with van der Waals surface area (Å²) >= 11 is 0. The van der Waals surface area contributed by atoms with Crippen molar-refractivity contribution in [2.24, 2.45) is 0 Å². The molecule has 0 saturated heterocycles. The molecule has 1 N–H and O–H groups in total. The van der Waals surface area contributed by atoms with Gasteiger partial charge < -0.3 is 10.1 Å². The number of aromatic nitrogens is 2. The van der Waals surface area contributed by atoms with Crippen molar-refractivity contribution in [3.8, 4) is 5.75 Å². The molecule has 0 bridgehead atoms. The molecule has 1 aromatic heterocycles. The lowest BCUT2D eigenvalue weighted by atomic mass is 10.3. The number of ether oxygens (including phenoxy) is 1. The highest BCUT2D eigenvalue weighted by atomic mass is 19.1. The summed E-state index contributed by atoms with van der Waals surface area (Å²) in [6.45, 7) is 0.264. The molecule has 1 aromatic carbocycles. The third-order valence-electron chi connectivity index (χ3n) is 2.14. The number of nitrogens with zero attached hydrogens (tertiary/aromatic N) is 2. The molecule has 0 unspecified atom stereocenters. The van der Waals surface area contributed by atoms with E-state index < -0.39 is 0 Å². The first-order valence-corrected chi connectivity index (χ1v) is 5.15. The van der Waals surface area contributed by atoms with Crippen LogP contribution in [0.4, 0.5) is 10.2 Å². The van der Waals surface area contributed by atoms with Crippen LogP contribution in [0.15, 0.2) is 36.7 Å². The van der Waals surface area contributed by atoms with Gasteiger partial charge in [-0.05, 0) is 12.1 Å². The van der Waals surface area contributed by atoms with E-state index in [4.69, 9.17) is 4.74 Å². The molecule has 0 aliphatic rings. The average Bonchev–Trinajstić information content (AvgIpc) is 2.37. The molecule has 4 nitrogen and oxygen atoms in total. The van der Waals surface area contributed by atoms with E-state index in [0.29, 0.717) is 17.3 Å². The molecule has 0 saturated carbocycles. The number of anilines is 1. The molecule has 0 aliphatic heterocycles. The molecular formula is C12H12FN3O. The summed E-state index contributed by atoms with van der Waals surface area (Å²) < 4.78 is 18.3. The number of hydrogen-bond acceptors (Lipinski definition) is 4. The van der Waals surface area contributed by atoms with Crippen molar-refractivity contribution in [3.63, 3.8) is 0 Å². The minimum atomic E-state index is -0.320. The smallest absolute Gasteiger partial charge is 0.144 e. The molecule has 88 valence electrons. The zero-order chi connectivity index (χ0) is 12.1. The summed E-state index contributed by atoms with van der Waals surface area (Å²) in [6, 6.07) is 5.99. The van der Waals surface area contributed by atoms with E-state index >= 15 is 0 Å². The van der Waals surface area contributed by atoms with Crippen molar-refractivity contribution in [1.29, 1.82) is 0 Å². The van der Waals surface area contributed by atoms with Crippen LogP contribution in [0.1, 0.15) is 5.69 Å². The minimum Gasteiger partial charge on any atom is -0.487 e. The molecule has 0 fully saturated rings. The fourth-order valence-corrected chi connectivity index (χ4v) is 1.27. The predicted octanol–water partition coefficient (Wildman–Crippen LogP) is 2.24. The summed E-state index contributed by atoms with van der Waals surface area (Å²) in [6.07, 6.45) is 3.23. The molecule has 0 spiro atoms. The number of hydrogen-bond donors (Lipinski definition) is 1. The SMILES string of the molecule is CNc1cnc(COc2cccc(F)c2)cn1. The Hall–Kier alpha value is -2.17. The van der Waals surface area contributed by atoms with Crippen molar-refractivity contribution in [1.82, 2.24) is 9.97 Å². The Bertz CT molecular complexity index is 487. The molecule has 17 heavy (non-hydrogen) atoms. The zero-order valence-electron chi connectivity index (χ0n) is 9.35. The molecule has 2 rings (SSSR count). The van der Waals surface area contributed by atoms with Crippen molar-refractivity contribution in [2.45, 2.75) is 6.61 Å². The van der Waals surface area contributed by atoms with Gasteiger partial charge >= 0.3 is 0 Å². The van der Waals surface area contributed by atoms with Crippen molar-refractivity contribution >= 4 is 5.82 Å². The normalized spacial score (nSPS) is 10.0. The van der Waals surface area contributed by atoms with Crippen molar-refractivity contribution in [2.75, 3.05) is 12.4 Å². The Morgan fingerprint density at radius 1 is 1.29 bits per heavy atom. The van der Waals surface area contributed by atoms with E-state index in [1.807, 2.05) is 0 Å². The predicted molar refractivity (Wildman–Crippen MR) is 62.3 cm³/mol. The van der Waals surface area contributed by atoms with E-state index in [0.717, 1.165) is 0 Å². The van der Waals surface area contributed by atoms with Crippen molar-refractivity contribution in [3.05, 3.63) is 48.2 Å². The minimum absolute atomic E-state index is 0.264. The van der Waals surface area contributed by atoms with Gasteiger partial charge in [0.1, 0.15) is 24.0 Å². The Morgan fingerprint density at radius 2 is 2.18 bits per heavy atom. The molecule has 0 radical (unpaired) electrons. The van der Waals surface area contributed by atoms with Crippen LogP contribution < -0.4 is 10.1 Å². The number of benzene rings is 1. The molecule has 5 heteroatoms.